The molecule has 0 radical (unpaired) electrons. The van der Waals surface area contributed by atoms with Crippen LogP contribution in [0.4, 0.5) is 5.69 Å². The molecule has 7 rings (SSSR count). The molecular weight excluding hydrogens is 766 g/mol. The van der Waals surface area contributed by atoms with E-state index >= 15 is 0 Å². The first-order chi connectivity index (χ1) is 26.7. The molecule has 2 saturated carbocycles. The summed E-state index contributed by atoms with van der Waals surface area (Å²) in [5.41, 5.74) is 3.13. The number of carbonyl (C=O) groups is 3. The van der Waals surface area contributed by atoms with Gasteiger partial charge in [0.2, 0.25) is 5.78 Å². The minimum absolute atomic E-state index is 0.0751. The highest BCUT2D eigenvalue weighted by molar-refractivity contribution is 9.10. The van der Waals surface area contributed by atoms with Gasteiger partial charge >= 0.3 is 5.97 Å². The summed E-state index contributed by atoms with van der Waals surface area (Å²) < 4.78 is 23.3. The van der Waals surface area contributed by atoms with Crippen LogP contribution in [-0.2, 0) is 4.79 Å². The van der Waals surface area contributed by atoms with Crippen LogP contribution in [0.5, 0.6) is 11.5 Å². The molecule has 12 heteroatoms. The van der Waals surface area contributed by atoms with Crippen LogP contribution in [0.3, 0.4) is 0 Å². The molecule has 55 heavy (non-hydrogen) atoms. The average molecular weight is 813 g/mol. The number of carbonyl (C=O) groups excluding carboxylic acids is 2. The van der Waals surface area contributed by atoms with Gasteiger partial charge in [-0.2, -0.15) is 5.26 Å². The van der Waals surface area contributed by atoms with Crippen LogP contribution in [0.25, 0.3) is 21.9 Å². The number of halogens is 1. The summed E-state index contributed by atoms with van der Waals surface area (Å²) in [5.74, 6) is 1.78. The number of methoxy groups -OCH3 is 2. The standard InChI is InChI=1S/C27H29N3O5.C16H17BrO3/c1-34-20-11-12-23-21(15-20)22(16-28)26(35-23)25(17-5-3-2-4-6-17)30-19-9-7-18(8-10-19)27(33)29-14-13-24(31)32;1-19-11-7-8-13-12(9-11)14(17)16(20-13)15(18)10-5-3-2-4-6-10/h7-12,15,17,25,30H,2-6,13-14H2,1H3,(H,29,33)(H,31,32);7-10H,2-6H2,1H3. The summed E-state index contributed by atoms with van der Waals surface area (Å²) >= 11 is 3.51. The number of rotatable bonds is 12. The van der Waals surface area contributed by atoms with E-state index in [0.717, 1.165) is 83.6 Å². The second-order valence-electron chi connectivity index (χ2n) is 14.1. The quantitative estimate of drug-likeness (QED) is 0.103. The number of furan rings is 2. The number of ether oxygens (including phenoxy) is 2. The summed E-state index contributed by atoms with van der Waals surface area (Å²) in [6, 6.07) is 20.2. The number of amides is 1. The molecule has 2 heterocycles. The van der Waals surface area contributed by atoms with Crippen molar-refractivity contribution in [1.82, 2.24) is 5.32 Å². The molecular formula is C43H46BrN3O8. The van der Waals surface area contributed by atoms with Crippen LogP contribution in [0, 0.1) is 23.2 Å². The molecule has 5 aromatic rings. The van der Waals surface area contributed by atoms with Crippen molar-refractivity contribution in [1.29, 1.82) is 5.26 Å². The summed E-state index contributed by atoms with van der Waals surface area (Å²) in [6.45, 7) is 0.0751. The number of nitriles is 1. The Hall–Kier alpha value is -5.28. The number of carboxylic acid groups (broad SMARTS) is 1. The molecule has 0 saturated heterocycles. The molecule has 0 bridgehead atoms. The summed E-state index contributed by atoms with van der Waals surface area (Å²) in [5, 5.41) is 26.6. The number of nitrogens with one attached hydrogen (secondary N) is 2. The van der Waals surface area contributed by atoms with Gasteiger partial charge in [-0.1, -0.05) is 38.5 Å². The average Bonchev–Trinajstić information content (AvgIpc) is 3.76. The van der Waals surface area contributed by atoms with Crippen molar-refractivity contribution in [3.8, 4) is 17.6 Å². The van der Waals surface area contributed by atoms with E-state index in [-0.39, 0.29) is 36.6 Å². The number of fused-ring (bicyclic) bond motifs is 2. The second-order valence-corrected chi connectivity index (χ2v) is 14.9. The highest BCUT2D eigenvalue weighted by atomic mass is 79.9. The molecule has 0 spiro atoms. The number of nitrogens with zero attached hydrogens (tertiary/aromatic N) is 1. The van der Waals surface area contributed by atoms with Crippen LogP contribution in [0.2, 0.25) is 0 Å². The van der Waals surface area contributed by atoms with E-state index < -0.39 is 5.97 Å². The highest BCUT2D eigenvalue weighted by Crippen LogP contribution is 2.42. The van der Waals surface area contributed by atoms with E-state index in [1.54, 1.807) is 26.4 Å². The topological polar surface area (TPSA) is 164 Å². The Morgan fingerprint density at radius 2 is 1.45 bits per heavy atom. The van der Waals surface area contributed by atoms with Gasteiger partial charge in [0.1, 0.15) is 40.1 Å². The lowest BCUT2D eigenvalue weighted by atomic mass is 9.82. The maximum Gasteiger partial charge on any atom is 0.305 e. The predicted molar refractivity (Wildman–Crippen MR) is 213 cm³/mol. The third kappa shape index (κ3) is 9.34. The van der Waals surface area contributed by atoms with Gasteiger partial charge in [-0.3, -0.25) is 14.4 Å². The fraction of sp³-hybridized carbons (Fsp3) is 0.395. The van der Waals surface area contributed by atoms with E-state index in [9.17, 15) is 19.6 Å². The first kappa shape index (κ1) is 39.4. The van der Waals surface area contributed by atoms with E-state index in [2.05, 4.69) is 32.6 Å². The minimum Gasteiger partial charge on any atom is -0.497 e. The minimum atomic E-state index is -0.959. The Balaban J connectivity index is 0.000000217. The molecule has 3 aromatic carbocycles. The first-order valence-corrected chi connectivity index (χ1v) is 19.7. The zero-order valence-electron chi connectivity index (χ0n) is 31.1. The molecule has 2 fully saturated rings. The Morgan fingerprint density at radius 1 is 0.855 bits per heavy atom. The van der Waals surface area contributed by atoms with Crippen LogP contribution in [0.15, 0.2) is 74.0 Å². The molecule has 1 amide bonds. The number of aliphatic carboxylic acids is 1. The maximum atomic E-state index is 12.6. The van der Waals surface area contributed by atoms with Gasteiger partial charge in [0.15, 0.2) is 5.76 Å². The number of hydrogen-bond acceptors (Lipinski definition) is 9. The van der Waals surface area contributed by atoms with Crippen molar-refractivity contribution in [2.75, 3.05) is 26.1 Å². The molecule has 11 nitrogen and oxygen atoms in total. The van der Waals surface area contributed by atoms with Gasteiger partial charge in [0, 0.05) is 34.5 Å². The van der Waals surface area contributed by atoms with Gasteiger partial charge in [-0.15, -0.1) is 0 Å². The number of Topliss-reactive ketones (excluding diaryl/α,β-unsaturated/α-hetero) is 1. The fourth-order valence-corrected chi connectivity index (χ4v) is 8.17. The Kier molecular flexibility index (Phi) is 13.2. The van der Waals surface area contributed by atoms with Crippen LogP contribution in [0.1, 0.15) is 109 Å². The molecule has 2 aliphatic carbocycles. The van der Waals surface area contributed by atoms with Gasteiger partial charge in [-0.25, -0.2) is 0 Å². The Labute approximate surface area is 328 Å². The highest BCUT2D eigenvalue weighted by Gasteiger charge is 2.32. The van der Waals surface area contributed by atoms with Gasteiger partial charge in [-0.05, 0) is 108 Å². The van der Waals surface area contributed by atoms with E-state index in [1.807, 2.05) is 48.5 Å². The van der Waals surface area contributed by atoms with Crippen molar-refractivity contribution < 1.29 is 37.8 Å². The lowest BCUT2D eigenvalue weighted by Gasteiger charge is -2.30. The van der Waals surface area contributed by atoms with E-state index in [1.165, 1.54) is 12.8 Å². The van der Waals surface area contributed by atoms with Crippen LogP contribution in [-0.4, -0.2) is 43.5 Å². The molecule has 2 aliphatic rings. The third-order valence-electron chi connectivity index (χ3n) is 10.6. The monoisotopic (exact) mass is 811 g/mol. The zero-order valence-corrected chi connectivity index (χ0v) is 32.7. The van der Waals surface area contributed by atoms with E-state index in [4.69, 9.17) is 23.4 Å². The van der Waals surface area contributed by atoms with E-state index in [0.29, 0.717) is 39.9 Å². The Morgan fingerprint density at radius 3 is 2.05 bits per heavy atom. The van der Waals surface area contributed by atoms with Crippen molar-refractivity contribution in [3.63, 3.8) is 0 Å². The van der Waals surface area contributed by atoms with Crippen LogP contribution < -0.4 is 20.1 Å². The van der Waals surface area contributed by atoms with Crippen molar-refractivity contribution >= 4 is 61.2 Å². The maximum absolute atomic E-state index is 12.6. The number of ketones is 1. The van der Waals surface area contributed by atoms with Gasteiger partial charge in [0.05, 0.1) is 31.2 Å². The normalized spacial score (nSPS) is 15.4. The van der Waals surface area contributed by atoms with Crippen molar-refractivity contribution in [3.05, 3.63) is 87.8 Å². The molecule has 0 aliphatic heterocycles. The zero-order chi connectivity index (χ0) is 38.9. The molecule has 288 valence electrons. The summed E-state index contributed by atoms with van der Waals surface area (Å²) in [7, 11) is 3.22. The second kappa shape index (κ2) is 18.4. The van der Waals surface area contributed by atoms with Crippen LogP contribution >= 0.6 is 15.9 Å². The largest absolute Gasteiger partial charge is 0.497 e. The first-order valence-electron chi connectivity index (χ1n) is 18.9. The SMILES string of the molecule is COc1ccc2oc(C(=O)C3CCCCC3)c(Br)c2c1.COc1ccc2oc(C(Nc3ccc(C(=O)NCCC(=O)O)cc3)C3CCCCC3)c(C#N)c2c1. The molecule has 1 unspecified atom stereocenters. The fourth-order valence-electron chi connectivity index (χ4n) is 7.59. The number of carboxylic acids is 1. The smallest absolute Gasteiger partial charge is 0.305 e. The lowest BCUT2D eigenvalue weighted by molar-refractivity contribution is -0.136. The number of benzene rings is 3. The summed E-state index contributed by atoms with van der Waals surface area (Å²) in [4.78, 5) is 35.5. The third-order valence-corrected chi connectivity index (χ3v) is 11.4. The number of anilines is 1. The molecule has 2 aromatic heterocycles. The molecule has 1 atom stereocenters. The predicted octanol–water partition coefficient (Wildman–Crippen LogP) is 10.2. The van der Waals surface area contributed by atoms with Crippen molar-refractivity contribution in [2.45, 2.75) is 76.7 Å². The van der Waals surface area contributed by atoms with Gasteiger partial charge < -0.3 is 34.0 Å². The number of hydrogen-bond donors (Lipinski definition) is 3. The lowest BCUT2D eigenvalue weighted by Crippen LogP contribution is -2.26. The van der Waals surface area contributed by atoms with Crippen molar-refractivity contribution in [2.24, 2.45) is 11.8 Å². The summed E-state index contributed by atoms with van der Waals surface area (Å²) in [6.07, 6.45) is 10.9. The van der Waals surface area contributed by atoms with Gasteiger partial charge in [0.25, 0.3) is 5.91 Å². The molecule has 3 N–H and O–H groups in total. The Bertz CT molecular complexity index is 2170.